The van der Waals surface area contributed by atoms with Crippen LogP contribution in [0.25, 0.3) is 0 Å². The highest BCUT2D eigenvalue weighted by Crippen LogP contribution is 2.25. The lowest BCUT2D eigenvalue weighted by atomic mass is 10.1. The first-order valence-electron chi connectivity index (χ1n) is 9.65. The quantitative estimate of drug-likeness (QED) is 0.168. The molecule has 0 radical (unpaired) electrons. The van der Waals surface area contributed by atoms with Gasteiger partial charge in [0.25, 0.3) is 5.91 Å². The van der Waals surface area contributed by atoms with E-state index in [0.717, 1.165) is 4.90 Å². The van der Waals surface area contributed by atoms with E-state index in [0.29, 0.717) is 0 Å². The summed E-state index contributed by atoms with van der Waals surface area (Å²) >= 11 is 0. The van der Waals surface area contributed by atoms with Gasteiger partial charge in [0.1, 0.15) is 18.2 Å². The molecule has 15 heteroatoms. The van der Waals surface area contributed by atoms with E-state index in [1.807, 2.05) is 5.32 Å². The number of ether oxygens (including phenoxy) is 1. The average molecular weight is 460 g/mol. The molecule has 2 aliphatic heterocycles. The van der Waals surface area contributed by atoms with Gasteiger partial charge in [-0.2, -0.15) is 0 Å². The average Bonchev–Trinajstić information content (AvgIpc) is 2.99. The van der Waals surface area contributed by atoms with Crippen molar-refractivity contribution in [1.82, 2.24) is 20.9 Å². The molecule has 2 saturated heterocycles. The number of aliphatic hydroxyl groups excluding tert-OH is 2. The monoisotopic (exact) mass is 460 g/mol. The summed E-state index contributed by atoms with van der Waals surface area (Å²) in [6.45, 7) is -0.359. The van der Waals surface area contributed by atoms with Crippen molar-refractivity contribution in [3.63, 3.8) is 0 Å². The Morgan fingerprint density at radius 3 is 2.41 bits per heavy atom. The molecule has 2 rings (SSSR count). The van der Waals surface area contributed by atoms with E-state index in [2.05, 4.69) is 10.6 Å². The molecule has 15 nitrogen and oxygen atoms in total. The second-order valence-corrected chi connectivity index (χ2v) is 7.16. The molecular weight excluding hydrogens is 436 g/mol. The van der Waals surface area contributed by atoms with Crippen LogP contribution < -0.4 is 16.0 Å². The Morgan fingerprint density at radius 2 is 1.81 bits per heavy atom. The van der Waals surface area contributed by atoms with E-state index < -0.39 is 72.7 Å². The minimum absolute atomic E-state index is 0.0514. The number of carboxylic acids is 2. The lowest BCUT2D eigenvalue weighted by Crippen LogP contribution is -2.56. The lowest BCUT2D eigenvalue weighted by Gasteiger charge is -2.32. The summed E-state index contributed by atoms with van der Waals surface area (Å²) in [4.78, 5) is 69.9. The van der Waals surface area contributed by atoms with Crippen molar-refractivity contribution in [3.8, 4) is 0 Å². The molecule has 5 atom stereocenters. The Kier molecular flexibility index (Phi) is 8.45. The van der Waals surface area contributed by atoms with Crippen LogP contribution in [0.15, 0.2) is 0 Å². The van der Waals surface area contributed by atoms with Gasteiger partial charge in [0.15, 0.2) is 12.3 Å². The molecule has 0 aromatic carbocycles. The predicted octanol–water partition coefficient (Wildman–Crippen LogP) is -3.68. The normalized spacial score (nSPS) is 26.2. The second-order valence-electron chi connectivity index (χ2n) is 7.16. The lowest BCUT2D eigenvalue weighted by molar-refractivity contribution is -0.143. The van der Waals surface area contributed by atoms with E-state index >= 15 is 0 Å². The fourth-order valence-corrected chi connectivity index (χ4v) is 3.15. The van der Waals surface area contributed by atoms with E-state index in [9.17, 15) is 39.0 Å². The summed E-state index contributed by atoms with van der Waals surface area (Å²) in [6.07, 6.45) is -7.44. The molecule has 0 bridgehead atoms. The summed E-state index contributed by atoms with van der Waals surface area (Å²) in [6, 6.07) is -2.25. The van der Waals surface area contributed by atoms with Crippen LogP contribution in [0.5, 0.6) is 0 Å². The predicted molar refractivity (Wildman–Crippen MR) is 99.6 cm³/mol. The Labute approximate surface area is 180 Å². The van der Waals surface area contributed by atoms with Crippen LogP contribution in [0, 0.1) is 0 Å². The maximum Gasteiger partial charge on any atom is 0.326 e. The molecular formula is C17H24N4O11. The number of nitrogens with zero attached hydrogens (tertiary/aromatic N) is 1. The van der Waals surface area contributed by atoms with Crippen LogP contribution in [0.3, 0.4) is 0 Å². The number of urea groups is 1. The van der Waals surface area contributed by atoms with Crippen LogP contribution in [-0.2, 0) is 28.7 Å². The maximum absolute atomic E-state index is 12.3. The van der Waals surface area contributed by atoms with E-state index in [1.54, 1.807) is 0 Å². The van der Waals surface area contributed by atoms with Crippen LogP contribution in [0.4, 0.5) is 4.79 Å². The number of carbonyl (C=O) groups excluding carboxylic acids is 4. The second kappa shape index (κ2) is 10.8. The molecule has 2 aliphatic rings. The van der Waals surface area contributed by atoms with Crippen molar-refractivity contribution < 1.29 is 53.9 Å². The van der Waals surface area contributed by atoms with Gasteiger partial charge in [0.2, 0.25) is 11.8 Å². The highest BCUT2D eigenvalue weighted by molar-refractivity contribution is 5.96. The van der Waals surface area contributed by atoms with Crippen molar-refractivity contribution in [2.45, 2.75) is 56.3 Å². The largest absolute Gasteiger partial charge is 0.481 e. The first-order chi connectivity index (χ1) is 15.0. The molecule has 0 aromatic rings. The minimum atomic E-state index is -1.69. The van der Waals surface area contributed by atoms with Gasteiger partial charge in [-0.3, -0.25) is 29.4 Å². The van der Waals surface area contributed by atoms with Gasteiger partial charge >= 0.3 is 18.0 Å². The Morgan fingerprint density at radius 1 is 1.12 bits per heavy atom. The summed E-state index contributed by atoms with van der Waals surface area (Å²) in [5.74, 6) is -4.79. The fourth-order valence-electron chi connectivity index (χ4n) is 3.15. The van der Waals surface area contributed by atoms with Gasteiger partial charge in [-0.05, 0) is 6.42 Å². The summed E-state index contributed by atoms with van der Waals surface area (Å²) in [5.41, 5.74) is 0. The smallest absolute Gasteiger partial charge is 0.326 e. The van der Waals surface area contributed by atoms with Crippen LogP contribution in [0.1, 0.15) is 25.7 Å². The van der Waals surface area contributed by atoms with Gasteiger partial charge in [-0.15, -0.1) is 0 Å². The molecule has 5 amide bonds. The number of amides is 5. The zero-order valence-electron chi connectivity index (χ0n) is 16.7. The Balaban J connectivity index is 1.82. The maximum atomic E-state index is 12.3. The third-order valence-electron chi connectivity index (χ3n) is 4.82. The molecule has 2 heterocycles. The van der Waals surface area contributed by atoms with Gasteiger partial charge in [0.05, 0.1) is 0 Å². The summed E-state index contributed by atoms with van der Waals surface area (Å²) in [7, 11) is 0. The fraction of sp³-hybridized carbons (Fsp3) is 0.647. The number of hydrogen-bond donors (Lipinski definition) is 7. The standard InChI is InChI=1S/C17H24N4O11/c22-8(19-7(16(29)30)1-2-10(24)25)3-5-18-14(28)13-11(26)12(27)15(32-13)21-6-4-9(23)20-17(21)31/h7,11-13,15,26-27H,1-6H2,(H,18,28)(H,19,22)(H,24,25)(H,29,30)(H,20,23,31)/t7?,11-,12+,13-,15+/m0/s1. The van der Waals surface area contributed by atoms with E-state index in [1.165, 1.54) is 0 Å². The van der Waals surface area contributed by atoms with Crippen LogP contribution in [0.2, 0.25) is 0 Å². The number of aliphatic hydroxyl groups is 2. The Hall–Kier alpha value is -3.30. The molecule has 0 spiro atoms. The third kappa shape index (κ3) is 6.35. The number of imide groups is 1. The zero-order chi connectivity index (χ0) is 24.0. The number of hydrogen-bond acceptors (Lipinski definition) is 9. The van der Waals surface area contributed by atoms with Gasteiger partial charge < -0.3 is 35.8 Å². The first-order valence-corrected chi connectivity index (χ1v) is 9.65. The van der Waals surface area contributed by atoms with Gasteiger partial charge in [0, 0.05) is 32.4 Å². The molecule has 7 N–H and O–H groups in total. The molecule has 2 fully saturated rings. The first kappa shape index (κ1) is 25.0. The molecule has 1 unspecified atom stereocenters. The van der Waals surface area contributed by atoms with Crippen LogP contribution in [-0.4, -0.2) is 105 Å². The topological polar surface area (TPSA) is 232 Å². The van der Waals surface area contributed by atoms with Crippen molar-refractivity contribution >= 4 is 35.7 Å². The van der Waals surface area contributed by atoms with Crippen molar-refractivity contribution in [3.05, 3.63) is 0 Å². The molecule has 0 saturated carbocycles. The zero-order valence-corrected chi connectivity index (χ0v) is 16.7. The SMILES string of the molecule is O=C(O)CCC(NC(=O)CCNC(=O)[C@H]1O[C@@H](N2CCC(=O)NC2=O)[C@H](O)[C@@H]1O)C(=O)O. The van der Waals surface area contributed by atoms with Crippen molar-refractivity contribution in [2.75, 3.05) is 13.1 Å². The molecule has 0 aliphatic carbocycles. The molecule has 178 valence electrons. The van der Waals surface area contributed by atoms with Crippen LogP contribution >= 0.6 is 0 Å². The highest BCUT2D eigenvalue weighted by Gasteiger charge is 2.50. The number of nitrogens with one attached hydrogen (secondary N) is 3. The number of carbonyl (C=O) groups is 6. The number of aliphatic carboxylic acids is 2. The van der Waals surface area contributed by atoms with Crippen molar-refractivity contribution in [1.29, 1.82) is 0 Å². The van der Waals surface area contributed by atoms with E-state index in [4.69, 9.17) is 14.9 Å². The summed E-state index contributed by atoms with van der Waals surface area (Å²) in [5, 5.41) is 44.3. The number of carboxylic acid groups (broad SMARTS) is 2. The highest BCUT2D eigenvalue weighted by atomic mass is 16.6. The van der Waals surface area contributed by atoms with Crippen molar-refractivity contribution in [2.24, 2.45) is 0 Å². The molecule has 0 aromatic heterocycles. The summed E-state index contributed by atoms with van der Waals surface area (Å²) < 4.78 is 5.31. The minimum Gasteiger partial charge on any atom is -0.481 e. The van der Waals surface area contributed by atoms with Gasteiger partial charge in [-0.1, -0.05) is 0 Å². The van der Waals surface area contributed by atoms with Gasteiger partial charge in [-0.25, -0.2) is 9.59 Å². The number of rotatable bonds is 10. The molecule has 32 heavy (non-hydrogen) atoms. The third-order valence-corrected chi connectivity index (χ3v) is 4.82. The Bertz CT molecular complexity index is 788. The van der Waals surface area contributed by atoms with E-state index in [-0.39, 0.29) is 32.4 Å².